The molecule has 0 aliphatic heterocycles. The van der Waals surface area contributed by atoms with E-state index in [1.165, 1.54) is 4.90 Å². The lowest BCUT2D eigenvalue weighted by Crippen LogP contribution is -2.22. The first-order valence-electron chi connectivity index (χ1n) is 5.99. The number of aromatic amines is 1. The molecule has 6 heteroatoms. The van der Waals surface area contributed by atoms with Gasteiger partial charge in [-0.2, -0.15) is 5.10 Å². The Bertz CT molecular complexity index is 578. The molecule has 1 amide bonds. The van der Waals surface area contributed by atoms with Gasteiger partial charge in [-0.3, -0.25) is 9.89 Å². The minimum atomic E-state index is -0.209. The Labute approximate surface area is 111 Å². The fourth-order valence-electron chi connectivity index (χ4n) is 1.59. The van der Waals surface area contributed by atoms with Crippen molar-refractivity contribution >= 4 is 5.91 Å². The number of benzene rings is 1. The number of amides is 1. The lowest BCUT2D eigenvalue weighted by atomic mass is 10.2. The molecule has 1 aromatic carbocycles. The maximum Gasteiger partial charge on any atom is 0.290 e. The summed E-state index contributed by atoms with van der Waals surface area (Å²) in [4.78, 5) is 17.4. The quantitative estimate of drug-likeness (QED) is 0.905. The number of ether oxygens (including phenoxy) is 1. The van der Waals surface area contributed by atoms with Gasteiger partial charge in [-0.1, -0.05) is 12.1 Å². The summed E-state index contributed by atoms with van der Waals surface area (Å²) >= 11 is 0. The average molecular weight is 260 g/mol. The maximum atomic E-state index is 11.7. The van der Waals surface area contributed by atoms with E-state index in [9.17, 15) is 4.79 Å². The van der Waals surface area contributed by atoms with Crippen LogP contribution in [0.5, 0.6) is 5.75 Å². The maximum absolute atomic E-state index is 11.7. The summed E-state index contributed by atoms with van der Waals surface area (Å²) in [5, 5.41) is 6.70. The van der Waals surface area contributed by atoms with Gasteiger partial charge in [0, 0.05) is 19.7 Å². The molecule has 1 aromatic heterocycles. The number of hydrogen-bond acceptors (Lipinski definition) is 4. The van der Waals surface area contributed by atoms with E-state index in [1.54, 1.807) is 14.1 Å². The number of nitrogens with one attached hydrogen (secondary N) is 1. The van der Waals surface area contributed by atoms with Crippen molar-refractivity contribution in [2.75, 3.05) is 20.7 Å². The summed E-state index contributed by atoms with van der Waals surface area (Å²) in [6, 6.07) is 7.45. The minimum Gasteiger partial charge on any atom is -0.494 e. The molecule has 0 spiro atoms. The van der Waals surface area contributed by atoms with Crippen molar-refractivity contribution in [2.24, 2.45) is 0 Å². The molecule has 2 rings (SSSR count). The van der Waals surface area contributed by atoms with E-state index in [2.05, 4.69) is 15.2 Å². The zero-order valence-corrected chi connectivity index (χ0v) is 11.2. The first-order chi connectivity index (χ1) is 9.11. The van der Waals surface area contributed by atoms with Crippen molar-refractivity contribution in [3.8, 4) is 17.1 Å². The second kappa shape index (κ2) is 5.51. The summed E-state index contributed by atoms with van der Waals surface area (Å²) < 4.78 is 5.42. The standard InChI is InChI=1S/C13H16N4O2/c1-4-19-10-7-5-6-9(8-10)11-14-12(16-15-11)13(18)17(2)3/h5-8H,4H2,1-3H3,(H,14,15,16). The van der Waals surface area contributed by atoms with Gasteiger partial charge in [0.15, 0.2) is 5.82 Å². The van der Waals surface area contributed by atoms with Crippen LogP contribution >= 0.6 is 0 Å². The summed E-state index contributed by atoms with van der Waals surface area (Å²) in [6.45, 7) is 2.52. The molecular weight excluding hydrogens is 244 g/mol. The van der Waals surface area contributed by atoms with Crippen LogP contribution in [0.1, 0.15) is 17.5 Å². The van der Waals surface area contributed by atoms with Gasteiger partial charge in [-0.25, -0.2) is 4.98 Å². The number of carbonyl (C=O) groups is 1. The van der Waals surface area contributed by atoms with E-state index in [0.29, 0.717) is 12.4 Å². The van der Waals surface area contributed by atoms with E-state index in [-0.39, 0.29) is 11.7 Å². The Balaban J connectivity index is 2.27. The Morgan fingerprint density at radius 3 is 2.89 bits per heavy atom. The Kier molecular flexibility index (Phi) is 3.79. The van der Waals surface area contributed by atoms with Crippen LogP contribution in [-0.4, -0.2) is 46.7 Å². The molecule has 0 atom stereocenters. The first kappa shape index (κ1) is 13.1. The van der Waals surface area contributed by atoms with Gasteiger partial charge in [-0.15, -0.1) is 0 Å². The summed E-state index contributed by atoms with van der Waals surface area (Å²) in [5.74, 6) is 1.25. The highest BCUT2D eigenvalue weighted by Crippen LogP contribution is 2.20. The van der Waals surface area contributed by atoms with Crippen LogP contribution in [0.3, 0.4) is 0 Å². The van der Waals surface area contributed by atoms with Gasteiger partial charge in [0.2, 0.25) is 5.82 Å². The van der Waals surface area contributed by atoms with Gasteiger partial charge < -0.3 is 9.64 Å². The molecule has 0 unspecified atom stereocenters. The van der Waals surface area contributed by atoms with Crippen LogP contribution in [0.2, 0.25) is 0 Å². The zero-order valence-electron chi connectivity index (χ0n) is 11.2. The van der Waals surface area contributed by atoms with Crippen molar-refractivity contribution in [1.82, 2.24) is 20.1 Å². The molecule has 0 fully saturated rings. The molecule has 0 aliphatic rings. The van der Waals surface area contributed by atoms with Crippen molar-refractivity contribution < 1.29 is 9.53 Å². The van der Waals surface area contributed by atoms with Crippen molar-refractivity contribution in [1.29, 1.82) is 0 Å². The number of nitrogens with zero attached hydrogens (tertiary/aromatic N) is 3. The van der Waals surface area contributed by atoms with E-state index in [0.717, 1.165) is 11.3 Å². The highest BCUT2D eigenvalue weighted by Gasteiger charge is 2.14. The Morgan fingerprint density at radius 1 is 1.42 bits per heavy atom. The van der Waals surface area contributed by atoms with E-state index < -0.39 is 0 Å². The third-order valence-corrected chi connectivity index (χ3v) is 2.50. The molecule has 100 valence electrons. The normalized spacial score (nSPS) is 10.3. The first-order valence-corrected chi connectivity index (χ1v) is 5.99. The number of H-pyrrole nitrogens is 1. The monoisotopic (exact) mass is 260 g/mol. The molecule has 19 heavy (non-hydrogen) atoms. The highest BCUT2D eigenvalue weighted by atomic mass is 16.5. The van der Waals surface area contributed by atoms with Gasteiger partial charge in [-0.05, 0) is 19.1 Å². The molecule has 6 nitrogen and oxygen atoms in total. The number of rotatable bonds is 4. The van der Waals surface area contributed by atoms with Crippen LogP contribution in [0.4, 0.5) is 0 Å². The van der Waals surface area contributed by atoms with Crippen LogP contribution in [0.15, 0.2) is 24.3 Å². The van der Waals surface area contributed by atoms with Crippen LogP contribution in [0.25, 0.3) is 11.4 Å². The molecule has 0 saturated carbocycles. The molecule has 0 bridgehead atoms. The van der Waals surface area contributed by atoms with E-state index >= 15 is 0 Å². The predicted octanol–water partition coefficient (Wildman–Crippen LogP) is 1.57. The Hall–Kier alpha value is -2.37. The number of aromatic nitrogens is 3. The predicted molar refractivity (Wildman–Crippen MR) is 71.0 cm³/mol. The molecule has 0 saturated heterocycles. The number of carbonyl (C=O) groups excluding carboxylic acids is 1. The second-order valence-corrected chi connectivity index (χ2v) is 4.17. The largest absolute Gasteiger partial charge is 0.494 e. The van der Waals surface area contributed by atoms with Crippen LogP contribution < -0.4 is 4.74 Å². The van der Waals surface area contributed by atoms with E-state index in [4.69, 9.17) is 4.74 Å². The third-order valence-electron chi connectivity index (χ3n) is 2.50. The molecule has 1 N–H and O–H groups in total. The van der Waals surface area contributed by atoms with Crippen LogP contribution in [-0.2, 0) is 0 Å². The smallest absolute Gasteiger partial charge is 0.290 e. The molecular formula is C13H16N4O2. The summed E-state index contributed by atoms with van der Waals surface area (Å²) in [5.41, 5.74) is 0.806. The average Bonchev–Trinajstić information content (AvgIpc) is 2.88. The molecule has 2 aromatic rings. The lowest BCUT2D eigenvalue weighted by molar-refractivity contribution is 0.0816. The van der Waals surface area contributed by atoms with E-state index in [1.807, 2.05) is 31.2 Å². The summed E-state index contributed by atoms with van der Waals surface area (Å²) in [6.07, 6.45) is 0. The van der Waals surface area contributed by atoms with Crippen molar-refractivity contribution in [2.45, 2.75) is 6.92 Å². The lowest BCUT2D eigenvalue weighted by Gasteiger charge is -2.05. The number of hydrogen-bond donors (Lipinski definition) is 1. The SMILES string of the molecule is CCOc1cccc(-c2n[nH]c(C(=O)N(C)C)n2)c1. The fourth-order valence-corrected chi connectivity index (χ4v) is 1.59. The Morgan fingerprint density at radius 2 is 2.21 bits per heavy atom. The molecule has 1 heterocycles. The highest BCUT2D eigenvalue weighted by molar-refractivity contribution is 5.90. The van der Waals surface area contributed by atoms with Gasteiger partial charge in [0.25, 0.3) is 5.91 Å². The summed E-state index contributed by atoms with van der Waals surface area (Å²) in [7, 11) is 3.33. The topological polar surface area (TPSA) is 71.1 Å². The van der Waals surface area contributed by atoms with Crippen molar-refractivity contribution in [3.05, 3.63) is 30.1 Å². The molecule has 0 aliphatic carbocycles. The van der Waals surface area contributed by atoms with Gasteiger partial charge in [0.1, 0.15) is 5.75 Å². The molecule has 0 radical (unpaired) electrons. The minimum absolute atomic E-state index is 0.209. The van der Waals surface area contributed by atoms with Gasteiger partial charge in [0.05, 0.1) is 6.61 Å². The second-order valence-electron chi connectivity index (χ2n) is 4.17. The third kappa shape index (κ3) is 2.90. The fraction of sp³-hybridized carbons (Fsp3) is 0.308. The van der Waals surface area contributed by atoms with Crippen LogP contribution in [0, 0.1) is 0 Å². The zero-order chi connectivity index (χ0) is 13.8. The van der Waals surface area contributed by atoms with Gasteiger partial charge >= 0.3 is 0 Å². The van der Waals surface area contributed by atoms with Crippen molar-refractivity contribution in [3.63, 3.8) is 0 Å².